The molecule has 1 aromatic heterocycles. The van der Waals surface area contributed by atoms with Crippen LogP contribution in [-0.2, 0) is 10.3 Å². The first-order chi connectivity index (χ1) is 8.16. The highest BCUT2D eigenvalue weighted by Crippen LogP contribution is 2.42. The van der Waals surface area contributed by atoms with E-state index in [1.165, 1.54) is 5.01 Å². The van der Waals surface area contributed by atoms with Crippen molar-refractivity contribution in [2.75, 3.05) is 26.0 Å². The number of hydrogen-bond donors (Lipinski definition) is 1. The fourth-order valence-electron chi connectivity index (χ4n) is 2.21. The zero-order valence-electron chi connectivity index (χ0n) is 10.7. The first-order valence-corrected chi connectivity index (χ1v) is 7.87. The summed E-state index contributed by atoms with van der Waals surface area (Å²) in [7, 11) is 1.74. The predicted molar refractivity (Wildman–Crippen MR) is 74.9 cm³/mol. The van der Waals surface area contributed by atoms with E-state index in [-0.39, 0.29) is 5.54 Å². The SMILES string of the molecule is COCCNC1(c2nc(C)cs2)CSC(C)C1. The molecule has 0 radical (unpaired) electrons. The molecule has 0 aromatic carbocycles. The molecule has 1 aliphatic heterocycles. The Morgan fingerprint density at radius 1 is 1.65 bits per heavy atom. The van der Waals surface area contributed by atoms with Gasteiger partial charge in [0.1, 0.15) is 5.01 Å². The van der Waals surface area contributed by atoms with Gasteiger partial charge in [0, 0.05) is 35.7 Å². The van der Waals surface area contributed by atoms with Gasteiger partial charge in [0.05, 0.1) is 12.1 Å². The average Bonchev–Trinajstić information content (AvgIpc) is 2.87. The van der Waals surface area contributed by atoms with E-state index in [1.54, 1.807) is 18.4 Å². The molecule has 5 heteroatoms. The zero-order chi connectivity index (χ0) is 12.3. The molecule has 17 heavy (non-hydrogen) atoms. The number of methoxy groups -OCH3 is 1. The quantitative estimate of drug-likeness (QED) is 0.835. The number of thioether (sulfide) groups is 1. The van der Waals surface area contributed by atoms with Crippen LogP contribution in [0.25, 0.3) is 0 Å². The third-order valence-corrected chi connectivity index (χ3v) is 5.61. The van der Waals surface area contributed by atoms with Gasteiger partial charge in [-0.3, -0.25) is 0 Å². The third-order valence-electron chi connectivity index (χ3n) is 3.05. The molecule has 0 bridgehead atoms. The van der Waals surface area contributed by atoms with Gasteiger partial charge in [-0.2, -0.15) is 11.8 Å². The fourth-order valence-corrected chi connectivity index (χ4v) is 4.61. The molecule has 96 valence electrons. The summed E-state index contributed by atoms with van der Waals surface area (Å²) in [6, 6.07) is 0. The maximum atomic E-state index is 5.13. The normalized spacial score (nSPS) is 28.8. The van der Waals surface area contributed by atoms with E-state index in [2.05, 4.69) is 29.5 Å². The Kier molecular flexibility index (Phi) is 4.47. The Balaban J connectivity index is 2.13. The van der Waals surface area contributed by atoms with Crippen LogP contribution in [-0.4, -0.2) is 36.2 Å². The zero-order valence-corrected chi connectivity index (χ0v) is 12.3. The largest absolute Gasteiger partial charge is 0.383 e. The fraction of sp³-hybridized carbons (Fsp3) is 0.750. The molecular weight excluding hydrogens is 252 g/mol. The lowest BCUT2D eigenvalue weighted by molar-refractivity contribution is 0.186. The molecule has 1 fully saturated rings. The van der Waals surface area contributed by atoms with Crippen molar-refractivity contribution in [2.45, 2.75) is 31.1 Å². The predicted octanol–water partition coefficient (Wildman–Crippen LogP) is 2.41. The van der Waals surface area contributed by atoms with Gasteiger partial charge >= 0.3 is 0 Å². The van der Waals surface area contributed by atoms with Gasteiger partial charge in [0.2, 0.25) is 0 Å². The van der Waals surface area contributed by atoms with Crippen molar-refractivity contribution in [1.82, 2.24) is 10.3 Å². The average molecular weight is 272 g/mol. The van der Waals surface area contributed by atoms with Crippen LogP contribution in [0, 0.1) is 6.92 Å². The van der Waals surface area contributed by atoms with Crippen LogP contribution in [0.15, 0.2) is 5.38 Å². The van der Waals surface area contributed by atoms with Crippen LogP contribution in [0.2, 0.25) is 0 Å². The molecule has 2 heterocycles. The van der Waals surface area contributed by atoms with Crippen molar-refractivity contribution in [3.63, 3.8) is 0 Å². The van der Waals surface area contributed by atoms with Crippen molar-refractivity contribution in [1.29, 1.82) is 0 Å². The van der Waals surface area contributed by atoms with E-state index in [9.17, 15) is 0 Å². The Bertz CT molecular complexity index is 369. The maximum Gasteiger partial charge on any atom is 0.114 e. The molecular formula is C12H20N2OS2. The molecule has 0 amide bonds. The van der Waals surface area contributed by atoms with Crippen LogP contribution >= 0.6 is 23.1 Å². The third kappa shape index (κ3) is 3.02. The Hall–Kier alpha value is -0.100. The summed E-state index contributed by atoms with van der Waals surface area (Å²) in [6.07, 6.45) is 1.16. The van der Waals surface area contributed by atoms with Crippen molar-refractivity contribution in [3.05, 3.63) is 16.1 Å². The second-order valence-electron chi connectivity index (χ2n) is 4.62. The van der Waals surface area contributed by atoms with Crippen LogP contribution < -0.4 is 5.32 Å². The van der Waals surface area contributed by atoms with Crippen LogP contribution in [0.1, 0.15) is 24.0 Å². The number of thiazole rings is 1. The highest BCUT2D eigenvalue weighted by atomic mass is 32.2. The number of aryl methyl sites for hydroxylation is 1. The summed E-state index contributed by atoms with van der Waals surface area (Å²) < 4.78 is 5.13. The first-order valence-electron chi connectivity index (χ1n) is 5.94. The number of nitrogens with zero attached hydrogens (tertiary/aromatic N) is 1. The van der Waals surface area contributed by atoms with E-state index in [0.29, 0.717) is 5.25 Å². The van der Waals surface area contributed by atoms with Crippen molar-refractivity contribution < 1.29 is 4.74 Å². The van der Waals surface area contributed by atoms with E-state index in [1.807, 2.05) is 11.8 Å². The van der Waals surface area contributed by atoms with E-state index < -0.39 is 0 Å². The summed E-state index contributed by atoms with van der Waals surface area (Å²) >= 11 is 3.81. The second-order valence-corrected chi connectivity index (χ2v) is 6.91. The topological polar surface area (TPSA) is 34.1 Å². The lowest BCUT2D eigenvalue weighted by Gasteiger charge is -2.27. The molecule has 3 nitrogen and oxygen atoms in total. The number of rotatable bonds is 5. The standard InChI is InChI=1S/C12H20N2OS2/c1-9-7-16-11(14-9)12(13-4-5-15-3)6-10(2)17-8-12/h7,10,13H,4-6,8H2,1-3H3. The highest BCUT2D eigenvalue weighted by molar-refractivity contribution is 8.00. The molecule has 2 unspecified atom stereocenters. The highest BCUT2D eigenvalue weighted by Gasteiger charge is 2.41. The maximum absolute atomic E-state index is 5.13. The van der Waals surface area contributed by atoms with Crippen molar-refractivity contribution in [2.24, 2.45) is 0 Å². The van der Waals surface area contributed by atoms with Crippen LogP contribution in [0.5, 0.6) is 0 Å². The summed E-state index contributed by atoms with van der Waals surface area (Å²) in [5.74, 6) is 1.12. The smallest absolute Gasteiger partial charge is 0.114 e. The van der Waals surface area contributed by atoms with Gasteiger partial charge < -0.3 is 10.1 Å². The van der Waals surface area contributed by atoms with Gasteiger partial charge in [-0.15, -0.1) is 11.3 Å². The number of hydrogen-bond acceptors (Lipinski definition) is 5. The molecule has 0 aliphatic carbocycles. The van der Waals surface area contributed by atoms with Gasteiger partial charge in [-0.1, -0.05) is 6.92 Å². The minimum atomic E-state index is 0.0710. The molecule has 2 rings (SSSR count). The van der Waals surface area contributed by atoms with Gasteiger partial charge in [-0.05, 0) is 13.3 Å². The molecule has 1 aromatic rings. The summed E-state index contributed by atoms with van der Waals surface area (Å²) in [4.78, 5) is 4.68. The molecule has 1 N–H and O–H groups in total. The van der Waals surface area contributed by atoms with Gasteiger partial charge in [0.25, 0.3) is 0 Å². The molecule has 0 saturated carbocycles. The van der Waals surface area contributed by atoms with Crippen molar-refractivity contribution in [3.8, 4) is 0 Å². The minimum Gasteiger partial charge on any atom is -0.383 e. The first kappa shape index (κ1) is 13.3. The summed E-state index contributed by atoms with van der Waals surface area (Å²) in [5, 5.41) is 7.74. The van der Waals surface area contributed by atoms with Gasteiger partial charge in [0.15, 0.2) is 0 Å². The molecule has 2 atom stereocenters. The number of ether oxygens (including phenoxy) is 1. The minimum absolute atomic E-state index is 0.0710. The molecule has 1 saturated heterocycles. The molecule has 1 aliphatic rings. The van der Waals surface area contributed by atoms with E-state index in [4.69, 9.17) is 4.74 Å². The second kappa shape index (κ2) is 5.69. The Morgan fingerprint density at radius 2 is 2.47 bits per heavy atom. The monoisotopic (exact) mass is 272 g/mol. The van der Waals surface area contributed by atoms with E-state index in [0.717, 1.165) is 31.0 Å². The molecule has 0 spiro atoms. The summed E-state index contributed by atoms with van der Waals surface area (Å²) in [5.41, 5.74) is 1.20. The Morgan fingerprint density at radius 3 is 3.00 bits per heavy atom. The van der Waals surface area contributed by atoms with E-state index >= 15 is 0 Å². The number of nitrogens with one attached hydrogen (secondary N) is 1. The van der Waals surface area contributed by atoms with Crippen LogP contribution in [0.4, 0.5) is 0 Å². The van der Waals surface area contributed by atoms with Crippen molar-refractivity contribution >= 4 is 23.1 Å². The summed E-state index contributed by atoms with van der Waals surface area (Å²) in [6.45, 7) is 6.01. The lowest BCUT2D eigenvalue weighted by atomic mass is 9.97. The number of aromatic nitrogens is 1. The lowest BCUT2D eigenvalue weighted by Crippen LogP contribution is -2.44. The Labute approximate surface area is 111 Å². The van der Waals surface area contributed by atoms with Crippen LogP contribution in [0.3, 0.4) is 0 Å². The van der Waals surface area contributed by atoms with Gasteiger partial charge in [-0.25, -0.2) is 4.98 Å².